The van der Waals surface area contributed by atoms with E-state index in [1.807, 2.05) is 138 Å². The minimum Gasteiger partial charge on any atom is -0.448 e. The molecule has 16 heteroatoms. The predicted molar refractivity (Wildman–Crippen MR) is 265 cm³/mol. The van der Waals surface area contributed by atoms with E-state index in [2.05, 4.69) is 62.4 Å². The summed E-state index contributed by atoms with van der Waals surface area (Å²) in [5, 5.41) is 11.6. The van der Waals surface area contributed by atoms with Crippen molar-refractivity contribution in [3.63, 3.8) is 0 Å². The molecule has 0 radical (unpaired) electrons. The van der Waals surface area contributed by atoms with Gasteiger partial charge in [0.05, 0.1) is 6.20 Å². The van der Waals surface area contributed by atoms with Gasteiger partial charge in [0, 0.05) is 39.7 Å². The Morgan fingerprint density at radius 3 is 1.99 bits per heavy atom. The molecule has 1 aliphatic carbocycles. The van der Waals surface area contributed by atoms with Crippen molar-refractivity contribution < 1.29 is 24.0 Å². The van der Waals surface area contributed by atoms with Crippen LogP contribution in [-0.4, -0.2) is 70.8 Å². The molecule has 4 heterocycles. The van der Waals surface area contributed by atoms with Gasteiger partial charge in [-0.05, 0) is 46.7 Å². The molecule has 5 aromatic carbocycles. The molecule has 3 atom stereocenters. The lowest BCUT2D eigenvalue weighted by Gasteiger charge is -2.49. The number of nitrogens with zero attached hydrogens (tertiary/aromatic N) is 6. The van der Waals surface area contributed by atoms with Crippen LogP contribution < -0.4 is 11.1 Å². The van der Waals surface area contributed by atoms with Crippen molar-refractivity contribution in [3.8, 4) is 0 Å². The number of allylic oxidation sites excluding steroid dienone is 1. The maximum atomic E-state index is 14.9. The number of carbonyl (C=O) groups is 3. The zero-order valence-electron chi connectivity index (χ0n) is 36.4. The third kappa shape index (κ3) is 8.85. The molecule has 2 aromatic heterocycles. The van der Waals surface area contributed by atoms with E-state index < -0.39 is 40.8 Å². The summed E-state index contributed by atoms with van der Waals surface area (Å²) in [6.45, 7) is 0. The number of benzene rings is 5. The second-order valence-corrected chi connectivity index (χ2v) is 19.1. The number of thioether (sulfide) groups is 2. The number of nitrogens with two attached hydrogens (primary N) is 1. The molecule has 1 saturated heterocycles. The molecule has 2 amide bonds. The molecular formula is C52H44N8O5S3. The van der Waals surface area contributed by atoms with Gasteiger partial charge in [-0.2, -0.15) is 14.5 Å². The smallest absolute Gasteiger partial charge is 0.356 e. The first-order chi connectivity index (χ1) is 33.4. The first kappa shape index (κ1) is 44.6. The molecule has 1 fully saturated rings. The quantitative estimate of drug-likeness (QED) is 0.0238. The van der Waals surface area contributed by atoms with Crippen LogP contribution in [0.25, 0.3) is 0 Å². The number of hydrogen-bond donors (Lipinski definition) is 2. The van der Waals surface area contributed by atoms with Crippen molar-refractivity contribution in [1.82, 2.24) is 29.4 Å². The van der Waals surface area contributed by atoms with E-state index in [0.717, 1.165) is 51.3 Å². The minimum absolute atomic E-state index is 0.0144. The fourth-order valence-electron chi connectivity index (χ4n) is 8.70. The van der Waals surface area contributed by atoms with E-state index in [-0.39, 0.29) is 28.5 Å². The highest BCUT2D eigenvalue weighted by molar-refractivity contribution is 8.05. The fourth-order valence-corrected chi connectivity index (χ4v) is 11.7. The number of nitrogens with one attached hydrogen (secondary N) is 1. The maximum Gasteiger partial charge on any atom is 0.356 e. The zero-order chi connectivity index (χ0) is 46.5. The summed E-state index contributed by atoms with van der Waals surface area (Å²) in [6, 6.07) is 48.9. The first-order valence-electron chi connectivity index (χ1n) is 22.0. The molecule has 0 bridgehead atoms. The Bertz CT molecular complexity index is 2870. The van der Waals surface area contributed by atoms with E-state index in [1.54, 1.807) is 0 Å². The first-order valence-corrected chi connectivity index (χ1v) is 24.8. The summed E-state index contributed by atoms with van der Waals surface area (Å²) in [7, 11) is 0. The van der Waals surface area contributed by atoms with E-state index >= 15 is 0 Å². The standard InChI is InChI=1S/C52H44N8O5S3/c53-51-56-46(58-68-51)42(57-65-40-28-16-17-29-40)47(61)55-43-48(62)60-44(50(63)64-45(35-18-6-1-7-19-35)36-20-8-2-9-21-36)41(33-67-49(43)60)66-32-34-30-54-59(31-34)52(37-22-10-3-11-23-37,38-24-12-4-13-25-38)39-26-14-5-15-27-39/h1-16,18-28,30-31,40,43,45,49H,17,29,32-33H2,(H,55,61)(H2,53,56,58)/b57-42-/t40?,43-,49+/m1/s1. The third-order valence-electron chi connectivity index (χ3n) is 11.9. The van der Waals surface area contributed by atoms with Crippen LogP contribution in [0.5, 0.6) is 0 Å². The van der Waals surface area contributed by atoms with Gasteiger partial charge in [-0.1, -0.05) is 163 Å². The summed E-state index contributed by atoms with van der Waals surface area (Å²) >= 11 is 3.81. The van der Waals surface area contributed by atoms with Gasteiger partial charge in [0.15, 0.2) is 11.2 Å². The number of hydrogen-bond acceptors (Lipinski definition) is 13. The Balaban J connectivity index is 0.975. The number of nitrogen functional groups attached to an aromatic ring is 1. The van der Waals surface area contributed by atoms with Crippen molar-refractivity contribution in [3.05, 3.63) is 226 Å². The molecule has 0 saturated carbocycles. The molecular weight excluding hydrogens is 913 g/mol. The van der Waals surface area contributed by atoms with Crippen LogP contribution in [0.15, 0.2) is 192 Å². The lowest BCUT2D eigenvalue weighted by molar-refractivity contribution is -0.154. The summed E-state index contributed by atoms with van der Waals surface area (Å²) < 4.78 is 12.7. The number of ether oxygens (including phenoxy) is 1. The average molecular weight is 957 g/mol. The van der Waals surface area contributed by atoms with Crippen LogP contribution >= 0.6 is 35.1 Å². The molecule has 13 nitrogen and oxygen atoms in total. The normalized spacial score (nSPS) is 18.0. The lowest BCUT2D eigenvalue weighted by Crippen LogP contribution is -2.71. The SMILES string of the molecule is Nc1nc(/C(=N/OC2C=CCC2)C(=O)N[C@@H]2C(=O)N3C(C(=O)OC(c4ccccc4)c4ccccc4)=C(SCc4cnn(C(c5ccccc5)(c5ccccc5)c5ccccc5)c4)CS[C@@H]23)ns1. The highest BCUT2D eigenvalue weighted by atomic mass is 32.2. The van der Waals surface area contributed by atoms with Crippen molar-refractivity contribution in [2.45, 2.75) is 47.8 Å². The summed E-state index contributed by atoms with van der Waals surface area (Å²) in [6.07, 6.45) is 8.20. The number of carbonyl (C=O) groups excluding carboxylic acids is 3. The lowest BCUT2D eigenvalue weighted by atomic mass is 9.77. The number of rotatable bonds is 16. The second-order valence-electron chi connectivity index (χ2n) is 16.2. The van der Waals surface area contributed by atoms with Crippen molar-refractivity contribution >= 4 is 63.7 Å². The van der Waals surface area contributed by atoms with Gasteiger partial charge in [-0.3, -0.25) is 19.2 Å². The molecule has 1 unspecified atom stereocenters. The molecule has 7 aromatic rings. The van der Waals surface area contributed by atoms with Crippen LogP contribution in [0.1, 0.15) is 58.2 Å². The highest BCUT2D eigenvalue weighted by Crippen LogP contribution is 2.46. The molecule has 3 N–H and O–H groups in total. The van der Waals surface area contributed by atoms with Gasteiger partial charge >= 0.3 is 5.97 Å². The molecule has 340 valence electrons. The van der Waals surface area contributed by atoms with Crippen LogP contribution in [0.3, 0.4) is 0 Å². The number of anilines is 1. The highest BCUT2D eigenvalue weighted by Gasteiger charge is 2.55. The number of amides is 2. The van der Waals surface area contributed by atoms with Gasteiger partial charge in [0.1, 0.15) is 28.8 Å². The van der Waals surface area contributed by atoms with E-state index in [0.29, 0.717) is 22.8 Å². The molecule has 0 spiro atoms. The van der Waals surface area contributed by atoms with Crippen LogP contribution in [0, 0.1) is 0 Å². The van der Waals surface area contributed by atoms with Crippen LogP contribution in [0.2, 0.25) is 0 Å². The van der Waals surface area contributed by atoms with Gasteiger partial charge in [0.2, 0.25) is 11.5 Å². The largest absolute Gasteiger partial charge is 0.448 e. The molecule has 10 rings (SSSR count). The number of aromatic nitrogens is 4. The van der Waals surface area contributed by atoms with Crippen LogP contribution in [-0.2, 0) is 35.2 Å². The number of β-lactam (4-membered cyclic amide) rings is 1. The third-order valence-corrected chi connectivity index (χ3v) is 15.1. The Hall–Kier alpha value is -7.27. The maximum absolute atomic E-state index is 14.9. The minimum atomic E-state index is -1.01. The van der Waals surface area contributed by atoms with Gasteiger partial charge < -0.3 is 20.6 Å². The summed E-state index contributed by atoms with van der Waals surface area (Å²) in [5.41, 5.74) is 10.6. The van der Waals surface area contributed by atoms with Gasteiger partial charge in [0.25, 0.3) is 11.8 Å². The number of esters is 1. The fraction of sp³-hybridized carbons (Fsp3) is 0.173. The predicted octanol–water partition coefficient (Wildman–Crippen LogP) is 8.47. The monoisotopic (exact) mass is 956 g/mol. The summed E-state index contributed by atoms with van der Waals surface area (Å²) in [4.78, 5) is 55.3. The van der Waals surface area contributed by atoms with Crippen molar-refractivity contribution in [2.75, 3.05) is 11.5 Å². The van der Waals surface area contributed by atoms with E-state index in [4.69, 9.17) is 20.4 Å². The van der Waals surface area contributed by atoms with E-state index in [9.17, 15) is 14.4 Å². The van der Waals surface area contributed by atoms with Gasteiger partial charge in [-0.15, -0.1) is 23.5 Å². The Kier molecular flexibility index (Phi) is 13.0. The second kappa shape index (κ2) is 19.9. The molecule has 3 aliphatic rings. The molecule has 68 heavy (non-hydrogen) atoms. The number of oxime groups is 1. The Labute approximate surface area is 405 Å². The van der Waals surface area contributed by atoms with Crippen LogP contribution in [0.4, 0.5) is 5.13 Å². The average Bonchev–Trinajstić information content (AvgIpc) is 4.20. The van der Waals surface area contributed by atoms with Crippen molar-refractivity contribution in [2.24, 2.45) is 5.16 Å². The number of fused-ring (bicyclic) bond motifs is 1. The zero-order valence-corrected chi connectivity index (χ0v) is 38.9. The Morgan fingerprint density at radius 2 is 1.44 bits per heavy atom. The van der Waals surface area contributed by atoms with Gasteiger partial charge in [-0.25, -0.2) is 4.79 Å². The Morgan fingerprint density at radius 1 is 0.853 bits per heavy atom. The molecule has 2 aliphatic heterocycles. The van der Waals surface area contributed by atoms with E-state index in [1.165, 1.54) is 28.4 Å². The topological polar surface area (TPSA) is 167 Å². The summed E-state index contributed by atoms with van der Waals surface area (Å²) in [5.74, 6) is -1.08. The van der Waals surface area contributed by atoms with Crippen molar-refractivity contribution in [1.29, 1.82) is 0 Å².